The number of rotatable bonds is 4. The molecule has 0 atom stereocenters. The van der Waals surface area contributed by atoms with Crippen LogP contribution in [-0.4, -0.2) is 12.6 Å². The molecule has 0 spiro atoms. The van der Waals surface area contributed by atoms with Gasteiger partial charge in [0.15, 0.2) is 0 Å². The average Bonchev–Trinajstić information content (AvgIpc) is 2.29. The number of nitriles is 1. The highest BCUT2D eigenvalue weighted by atomic mass is 35.5. The number of alkyl halides is 1. The molecule has 1 aromatic rings. The lowest BCUT2D eigenvalue weighted by Crippen LogP contribution is -2.30. The first kappa shape index (κ1) is 12.9. The third kappa shape index (κ3) is 2.68. The number of halogens is 1. The Morgan fingerprint density at radius 1 is 1.44 bits per heavy atom. The molecule has 0 amide bonds. The minimum Gasteiger partial charge on any atom is -0.368 e. The molecule has 0 unspecified atom stereocenters. The van der Waals surface area contributed by atoms with E-state index in [0.717, 1.165) is 17.8 Å². The summed E-state index contributed by atoms with van der Waals surface area (Å²) < 4.78 is 0. The molecule has 86 valence electrons. The first-order chi connectivity index (χ1) is 7.63. The molecule has 2 nitrogen and oxygen atoms in total. The number of nitrogens with zero attached hydrogens (tertiary/aromatic N) is 2. The van der Waals surface area contributed by atoms with Gasteiger partial charge in [-0.05, 0) is 38.5 Å². The standard InChI is InChI=1S/C13H17ClN2/c1-4-16(10(2)3)13-6-5-11(8-14)7-12(13)9-15/h5-7,10H,4,8H2,1-3H3. The molecule has 0 aliphatic rings. The summed E-state index contributed by atoms with van der Waals surface area (Å²) in [5.74, 6) is 0.447. The fraction of sp³-hybridized carbons (Fsp3) is 0.462. The van der Waals surface area contributed by atoms with Crippen LogP contribution < -0.4 is 4.90 Å². The first-order valence-electron chi connectivity index (χ1n) is 5.49. The monoisotopic (exact) mass is 236 g/mol. The summed E-state index contributed by atoms with van der Waals surface area (Å²) in [4.78, 5) is 2.20. The van der Waals surface area contributed by atoms with Gasteiger partial charge in [0.05, 0.1) is 11.3 Å². The van der Waals surface area contributed by atoms with Crippen LogP contribution in [-0.2, 0) is 5.88 Å². The molecule has 0 aliphatic carbocycles. The molecule has 0 bridgehead atoms. The van der Waals surface area contributed by atoms with Gasteiger partial charge in [0.1, 0.15) is 6.07 Å². The topological polar surface area (TPSA) is 27.0 Å². The van der Waals surface area contributed by atoms with Crippen molar-refractivity contribution in [2.75, 3.05) is 11.4 Å². The summed E-state index contributed by atoms with van der Waals surface area (Å²) in [6.45, 7) is 7.24. The number of benzene rings is 1. The maximum Gasteiger partial charge on any atom is 0.101 e. The van der Waals surface area contributed by atoms with Crippen molar-refractivity contribution in [1.82, 2.24) is 0 Å². The Hall–Kier alpha value is -1.20. The smallest absolute Gasteiger partial charge is 0.101 e. The molecule has 1 aromatic carbocycles. The van der Waals surface area contributed by atoms with Gasteiger partial charge in [0.25, 0.3) is 0 Å². The van der Waals surface area contributed by atoms with Crippen LogP contribution in [0.3, 0.4) is 0 Å². The molecule has 0 N–H and O–H groups in total. The summed E-state index contributed by atoms with van der Waals surface area (Å²) in [5, 5.41) is 9.14. The van der Waals surface area contributed by atoms with Gasteiger partial charge in [-0.3, -0.25) is 0 Å². The zero-order valence-electron chi connectivity index (χ0n) is 10.00. The van der Waals surface area contributed by atoms with Gasteiger partial charge in [0.2, 0.25) is 0 Å². The fourth-order valence-corrected chi connectivity index (χ4v) is 1.99. The summed E-state index contributed by atoms with van der Waals surface area (Å²) in [6, 6.07) is 8.46. The lowest BCUT2D eigenvalue weighted by molar-refractivity contribution is 0.703. The highest BCUT2D eigenvalue weighted by Gasteiger charge is 2.12. The normalized spacial score (nSPS) is 10.2. The van der Waals surface area contributed by atoms with Crippen molar-refractivity contribution in [3.05, 3.63) is 29.3 Å². The molecule has 0 saturated carbocycles. The lowest BCUT2D eigenvalue weighted by atomic mass is 10.1. The molecule has 0 aromatic heterocycles. The van der Waals surface area contributed by atoms with Crippen LogP contribution in [0.5, 0.6) is 0 Å². The van der Waals surface area contributed by atoms with E-state index < -0.39 is 0 Å². The Kier molecular flexibility index (Phi) is 4.64. The molecule has 0 fully saturated rings. The van der Waals surface area contributed by atoms with Crippen LogP contribution in [0.2, 0.25) is 0 Å². The van der Waals surface area contributed by atoms with E-state index in [9.17, 15) is 0 Å². The van der Waals surface area contributed by atoms with Crippen LogP contribution in [0.4, 0.5) is 5.69 Å². The van der Waals surface area contributed by atoms with E-state index in [-0.39, 0.29) is 0 Å². The van der Waals surface area contributed by atoms with Crippen LogP contribution >= 0.6 is 11.6 Å². The van der Waals surface area contributed by atoms with Gasteiger partial charge in [0, 0.05) is 18.5 Å². The average molecular weight is 237 g/mol. The van der Waals surface area contributed by atoms with E-state index in [4.69, 9.17) is 16.9 Å². The van der Waals surface area contributed by atoms with Crippen molar-refractivity contribution in [3.8, 4) is 6.07 Å². The fourth-order valence-electron chi connectivity index (χ4n) is 1.82. The Morgan fingerprint density at radius 2 is 2.12 bits per heavy atom. The number of anilines is 1. The van der Waals surface area contributed by atoms with Gasteiger partial charge in [-0.25, -0.2) is 0 Å². The lowest BCUT2D eigenvalue weighted by Gasteiger charge is -2.28. The summed E-state index contributed by atoms with van der Waals surface area (Å²) in [7, 11) is 0. The Morgan fingerprint density at radius 3 is 2.56 bits per heavy atom. The second-order valence-corrected chi connectivity index (χ2v) is 4.24. The van der Waals surface area contributed by atoms with Gasteiger partial charge in [-0.1, -0.05) is 6.07 Å². The zero-order valence-corrected chi connectivity index (χ0v) is 10.8. The summed E-state index contributed by atoms with van der Waals surface area (Å²) in [5.41, 5.74) is 2.68. The third-order valence-electron chi connectivity index (χ3n) is 2.61. The van der Waals surface area contributed by atoms with E-state index >= 15 is 0 Å². The van der Waals surface area contributed by atoms with E-state index in [0.29, 0.717) is 17.5 Å². The Bertz CT molecular complexity index is 393. The maximum absolute atomic E-state index is 9.14. The Labute approximate surface area is 102 Å². The van der Waals surface area contributed by atoms with Crippen LogP contribution in [0.25, 0.3) is 0 Å². The van der Waals surface area contributed by atoms with E-state index in [1.54, 1.807) is 0 Å². The van der Waals surface area contributed by atoms with Crippen molar-refractivity contribution in [1.29, 1.82) is 5.26 Å². The molecular formula is C13H17ClN2. The SMILES string of the molecule is CCN(c1ccc(CCl)cc1C#N)C(C)C. The van der Waals surface area contributed by atoms with Crippen LogP contribution in [0.1, 0.15) is 31.9 Å². The van der Waals surface area contributed by atoms with Gasteiger partial charge in [-0.15, -0.1) is 11.6 Å². The number of hydrogen-bond donors (Lipinski definition) is 0. The van der Waals surface area contributed by atoms with Gasteiger partial charge >= 0.3 is 0 Å². The highest BCUT2D eigenvalue weighted by Crippen LogP contribution is 2.23. The summed E-state index contributed by atoms with van der Waals surface area (Å²) >= 11 is 5.76. The molecule has 0 radical (unpaired) electrons. The zero-order chi connectivity index (χ0) is 12.1. The predicted octanol–water partition coefficient (Wildman–Crippen LogP) is 3.53. The van der Waals surface area contributed by atoms with Crippen molar-refractivity contribution < 1.29 is 0 Å². The predicted molar refractivity (Wildman–Crippen MR) is 68.9 cm³/mol. The quantitative estimate of drug-likeness (QED) is 0.748. The van der Waals surface area contributed by atoms with Gasteiger partial charge < -0.3 is 4.90 Å². The molecule has 16 heavy (non-hydrogen) atoms. The molecule has 3 heteroatoms. The molecule has 1 rings (SSSR count). The molecule has 0 heterocycles. The highest BCUT2D eigenvalue weighted by molar-refractivity contribution is 6.17. The minimum absolute atomic E-state index is 0.388. The van der Waals surface area contributed by atoms with Gasteiger partial charge in [-0.2, -0.15) is 5.26 Å². The molecule has 0 saturated heterocycles. The molecular weight excluding hydrogens is 220 g/mol. The van der Waals surface area contributed by atoms with E-state index in [1.807, 2.05) is 18.2 Å². The first-order valence-corrected chi connectivity index (χ1v) is 6.03. The summed E-state index contributed by atoms with van der Waals surface area (Å²) in [6.07, 6.45) is 0. The van der Waals surface area contributed by atoms with Crippen LogP contribution in [0.15, 0.2) is 18.2 Å². The second-order valence-electron chi connectivity index (χ2n) is 3.98. The van der Waals surface area contributed by atoms with E-state index in [1.165, 1.54) is 0 Å². The maximum atomic E-state index is 9.14. The largest absolute Gasteiger partial charge is 0.368 e. The van der Waals surface area contributed by atoms with E-state index in [2.05, 4.69) is 31.7 Å². The molecule has 0 aliphatic heterocycles. The Balaban J connectivity index is 3.18. The number of hydrogen-bond acceptors (Lipinski definition) is 2. The van der Waals surface area contributed by atoms with Crippen molar-refractivity contribution in [2.24, 2.45) is 0 Å². The third-order valence-corrected chi connectivity index (χ3v) is 2.92. The second kappa shape index (κ2) is 5.77. The van der Waals surface area contributed by atoms with Crippen molar-refractivity contribution in [2.45, 2.75) is 32.7 Å². The van der Waals surface area contributed by atoms with Crippen molar-refractivity contribution in [3.63, 3.8) is 0 Å². The minimum atomic E-state index is 0.388. The van der Waals surface area contributed by atoms with Crippen LogP contribution in [0, 0.1) is 11.3 Å². The van der Waals surface area contributed by atoms with Crippen molar-refractivity contribution >= 4 is 17.3 Å².